The number of amides is 2. The van der Waals surface area contributed by atoms with Crippen molar-refractivity contribution in [1.29, 1.82) is 0 Å². The van der Waals surface area contributed by atoms with Gasteiger partial charge in [-0.2, -0.15) is 5.10 Å². The van der Waals surface area contributed by atoms with Crippen molar-refractivity contribution in [3.05, 3.63) is 51.1 Å². The minimum absolute atomic E-state index is 0.290. The number of thiophene rings is 1. The highest BCUT2D eigenvalue weighted by Crippen LogP contribution is 2.28. The molecule has 0 fully saturated rings. The van der Waals surface area contributed by atoms with Crippen LogP contribution in [-0.4, -0.2) is 26.4 Å². The van der Waals surface area contributed by atoms with Gasteiger partial charge >= 0.3 is 0 Å². The maximum absolute atomic E-state index is 12.5. The van der Waals surface area contributed by atoms with Crippen LogP contribution in [0.1, 0.15) is 61.8 Å². The first-order chi connectivity index (χ1) is 13.1. The number of hydrogen-bond donors (Lipinski definition) is 2. The Morgan fingerprint density at radius 1 is 1.11 bits per heavy atom. The van der Waals surface area contributed by atoms with Crippen molar-refractivity contribution in [2.75, 3.05) is 0 Å². The smallest absolute Gasteiger partial charge is 0.267 e. The molecule has 0 spiro atoms. The third kappa shape index (κ3) is 3.57. The highest BCUT2D eigenvalue weighted by molar-refractivity contribution is 7.14. The number of nitrogens with one attached hydrogen (secondary N) is 2. The lowest BCUT2D eigenvalue weighted by Gasteiger charge is -2.07. The molecule has 0 saturated carbocycles. The molecule has 4 rings (SSSR count). The van der Waals surface area contributed by atoms with Crippen molar-refractivity contribution < 1.29 is 9.59 Å². The standard InChI is InChI=1S/C19H21N5O2S/c1-12-16(17-20-9-6-10-24(17)23-12)19(26)22-21-18(25)15-11-13-7-4-2-3-5-8-14(13)27-15/h6,9-11H,2-5,7-8H2,1H3,(H,21,25)(H,22,26). The number of carbonyl (C=O) groups excluding carboxylic acids is 2. The SMILES string of the molecule is Cc1nn2cccnc2c1C(=O)NNC(=O)c1cc2c(s1)CCCCCC2. The molecular weight excluding hydrogens is 362 g/mol. The summed E-state index contributed by atoms with van der Waals surface area (Å²) in [5.74, 6) is -0.716. The van der Waals surface area contributed by atoms with E-state index >= 15 is 0 Å². The van der Waals surface area contributed by atoms with Crippen molar-refractivity contribution in [3.63, 3.8) is 0 Å². The van der Waals surface area contributed by atoms with Crippen LogP contribution >= 0.6 is 11.3 Å². The van der Waals surface area contributed by atoms with Gasteiger partial charge < -0.3 is 0 Å². The Balaban J connectivity index is 1.47. The maximum Gasteiger partial charge on any atom is 0.279 e. The lowest BCUT2D eigenvalue weighted by molar-refractivity contribution is 0.0849. The van der Waals surface area contributed by atoms with Crippen molar-refractivity contribution in [1.82, 2.24) is 25.4 Å². The molecule has 2 N–H and O–H groups in total. The molecule has 8 heteroatoms. The molecule has 7 nitrogen and oxygen atoms in total. The minimum Gasteiger partial charge on any atom is -0.267 e. The van der Waals surface area contributed by atoms with E-state index in [9.17, 15) is 9.59 Å². The Morgan fingerprint density at radius 2 is 1.89 bits per heavy atom. The summed E-state index contributed by atoms with van der Waals surface area (Å²) in [6.07, 6.45) is 10.2. The third-order valence-corrected chi connectivity index (χ3v) is 6.04. The molecule has 3 aromatic rings. The van der Waals surface area contributed by atoms with E-state index in [-0.39, 0.29) is 5.91 Å². The molecule has 0 unspecified atom stereocenters. The Kier molecular flexibility index (Phi) is 4.89. The number of hydrazine groups is 1. The number of rotatable bonds is 2. The first-order valence-electron chi connectivity index (χ1n) is 9.15. The van der Waals surface area contributed by atoms with Crippen LogP contribution in [0.5, 0.6) is 0 Å². The van der Waals surface area contributed by atoms with Gasteiger partial charge in [0.25, 0.3) is 11.8 Å². The van der Waals surface area contributed by atoms with Gasteiger partial charge in [0, 0.05) is 17.3 Å². The fourth-order valence-corrected chi connectivity index (χ4v) is 4.61. The zero-order chi connectivity index (χ0) is 18.8. The molecule has 0 aliphatic heterocycles. The number of nitrogens with zero attached hydrogens (tertiary/aromatic N) is 3. The van der Waals surface area contributed by atoms with E-state index in [0.717, 1.165) is 12.8 Å². The van der Waals surface area contributed by atoms with E-state index in [0.29, 0.717) is 21.8 Å². The quantitative estimate of drug-likeness (QED) is 0.666. The van der Waals surface area contributed by atoms with Crippen LogP contribution in [0.3, 0.4) is 0 Å². The molecule has 140 valence electrons. The summed E-state index contributed by atoms with van der Waals surface area (Å²) in [6, 6.07) is 3.71. The molecule has 1 aliphatic rings. The van der Waals surface area contributed by atoms with Crippen molar-refractivity contribution >= 4 is 28.8 Å². The van der Waals surface area contributed by atoms with Crippen LogP contribution in [0.15, 0.2) is 24.5 Å². The second-order valence-corrected chi connectivity index (χ2v) is 7.87. The number of carbonyl (C=O) groups is 2. The van der Waals surface area contributed by atoms with E-state index in [1.54, 1.807) is 29.9 Å². The van der Waals surface area contributed by atoms with Gasteiger partial charge in [-0.15, -0.1) is 11.3 Å². The molecule has 27 heavy (non-hydrogen) atoms. The summed E-state index contributed by atoms with van der Waals surface area (Å²) >= 11 is 1.53. The summed E-state index contributed by atoms with van der Waals surface area (Å²) in [4.78, 5) is 31.2. The van der Waals surface area contributed by atoms with Crippen LogP contribution in [0.25, 0.3) is 5.65 Å². The van der Waals surface area contributed by atoms with Gasteiger partial charge in [-0.3, -0.25) is 20.4 Å². The molecule has 0 saturated heterocycles. The Morgan fingerprint density at radius 3 is 2.74 bits per heavy atom. The van der Waals surface area contributed by atoms with Crippen LogP contribution < -0.4 is 10.9 Å². The highest BCUT2D eigenvalue weighted by Gasteiger charge is 2.20. The van der Waals surface area contributed by atoms with Gasteiger partial charge in [-0.25, -0.2) is 9.50 Å². The fraction of sp³-hybridized carbons (Fsp3) is 0.368. The van der Waals surface area contributed by atoms with E-state index < -0.39 is 5.91 Å². The lowest BCUT2D eigenvalue weighted by Crippen LogP contribution is -2.41. The zero-order valence-corrected chi connectivity index (χ0v) is 15.9. The summed E-state index contributed by atoms with van der Waals surface area (Å²) in [5, 5.41) is 4.26. The molecule has 0 radical (unpaired) electrons. The normalized spacial score (nSPS) is 14.3. The molecule has 0 atom stereocenters. The average Bonchev–Trinajstić information content (AvgIpc) is 3.19. The van der Waals surface area contributed by atoms with Gasteiger partial charge in [0.15, 0.2) is 5.65 Å². The monoisotopic (exact) mass is 383 g/mol. The molecule has 3 heterocycles. The van der Waals surface area contributed by atoms with Crippen LogP contribution in [0.2, 0.25) is 0 Å². The largest absolute Gasteiger partial charge is 0.279 e. The molecular formula is C19H21N5O2S. The average molecular weight is 383 g/mol. The Labute approximate surface area is 160 Å². The molecule has 2 amide bonds. The summed E-state index contributed by atoms with van der Waals surface area (Å²) in [7, 11) is 0. The van der Waals surface area contributed by atoms with Crippen LogP contribution in [0.4, 0.5) is 0 Å². The zero-order valence-electron chi connectivity index (χ0n) is 15.1. The first kappa shape index (κ1) is 17.7. The van der Waals surface area contributed by atoms with Gasteiger partial charge in [-0.1, -0.05) is 12.8 Å². The van der Waals surface area contributed by atoms with E-state index in [1.165, 1.54) is 47.5 Å². The van der Waals surface area contributed by atoms with Gasteiger partial charge in [0.05, 0.1) is 10.6 Å². The number of aromatic nitrogens is 3. The third-order valence-electron chi connectivity index (χ3n) is 4.81. The number of aryl methyl sites for hydroxylation is 3. The molecule has 0 bridgehead atoms. The summed E-state index contributed by atoms with van der Waals surface area (Å²) in [6.45, 7) is 1.74. The second kappa shape index (κ2) is 7.48. The predicted octanol–water partition coefficient (Wildman–Crippen LogP) is 2.83. The minimum atomic E-state index is -0.426. The van der Waals surface area contributed by atoms with Crippen molar-refractivity contribution in [2.45, 2.75) is 45.4 Å². The van der Waals surface area contributed by atoms with E-state index in [4.69, 9.17) is 0 Å². The van der Waals surface area contributed by atoms with E-state index in [2.05, 4.69) is 20.9 Å². The second-order valence-electron chi connectivity index (χ2n) is 6.73. The topological polar surface area (TPSA) is 88.4 Å². The first-order valence-corrected chi connectivity index (χ1v) is 9.97. The number of hydrogen-bond acceptors (Lipinski definition) is 5. The van der Waals surface area contributed by atoms with Crippen LogP contribution in [-0.2, 0) is 12.8 Å². The van der Waals surface area contributed by atoms with Gasteiger partial charge in [-0.05, 0) is 50.3 Å². The molecule has 0 aromatic carbocycles. The summed E-state index contributed by atoms with van der Waals surface area (Å²) in [5.41, 5.74) is 7.67. The van der Waals surface area contributed by atoms with Gasteiger partial charge in [0.1, 0.15) is 5.56 Å². The highest BCUT2D eigenvalue weighted by atomic mass is 32.1. The fourth-order valence-electron chi connectivity index (χ4n) is 3.46. The predicted molar refractivity (Wildman–Crippen MR) is 103 cm³/mol. The molecule has 3 aromatic heterocycles. The molecule has 1 aliphatic carbocycles. The summed E-state index contributed by atoms with van der Waals surface area (Å²) < 4.78 is 1.55. The van der Waals surface area contributed by atoms with Gasteiger partial charge in [0.2, 0.25) is 0 Å². The Hall–Kier alpha value is -2.74. The van der Waals surface area contributed by atoms with Crippen LogP contribution in [0, 0.1) is 6.92 Å². The van der Waals surface area contributed by atoms with E-state index in [1.807, 2.05) is 6.07 Å². The maximum atomic E-state index is 12.5. The Bertz CT molecular complexity index is 981. The van der Waals surface area contributed by atoms with Crippen molar-refractivity contribution in [2.24, 2.45) is 0 Å². The van der Waals surface area contributed by atoms with Crippen molar-refractivity contribution in [3.8, 4) is 0 Å². The number of fused-ring (bicyclic) bond motifs is 2. The lowest BCUT2D eigenvalue weighted by atomic mass is 10.00.